The Morgan fingerprint density at radius 3 is 2.67 bits per heavy atom. The van der Waals surface area contributed by atoms with E-state index in [1.165, 1.54) is 43.9 Å². The molecule has 0 spiro atoms. The molecular weight excluding hydrogens is 244 g/mol. The number of thioether (sulfide) groups is 1. The van der Waals surface area contributed by atoms with Crippen molar-refractivity contribution in [3.63, 3.8) is 0 Å². The van der Waals surface area contributed by atoms with Gasteiger partial charge in [-0.3, -0.25) is 9.79 Å². The zero-order chi connectivity index (χ0) is 13.2. The molecule has 0 aliphatic heterocycles. The molecule has 0 aromatic heterocycles. The van der Waals surface area contributed by atoms with Gasteiger partial charge in [0.15, 0.2) is 5.17 Å². The summed E-state index contributed by atoms with van der Waals surface area (Å²) in [6.07, 6.45) is 11.3. The maximum absolute atomic E-state index is 11.6. The minimum atomic E-state index is 0.105. The monoisotopic (exact) mass is 270 g/mol. The molecule has 1 aliphatic carbocycles. The second kappa shape index (κ2) is 9.42. The SMILES string of the molecule is CCCCC(=O)NC(=NCC1CCCCC1)SC. The van der Waals surface area contributed by atoms with Crippen LogP contribution in [0.4, 0.5) is 0 Å². The highest BCUT2D eigenvalue weighted by Crippen LogP contribution is 2.23. The standard InChI is InChI=1S/C14H26N2OS/c1-3-4-10-13(17)16-14(18-2)15-11-12-8-6-5-7-9-12/h12H,3-11H2,1-2H3,(H,15,16,17). The summed E-state index contributed by atoms with van der Waals surface area (Å²) in [6.45, 7) is 2.98. The van der Waals surface area contributed by atoms with Crippen LogP contribution in [0.1, 0.15) is 58.3 Å². The zero-order valence-electron chi connectivity index (χ0n) is 11.7. The number of amides is 1. The smallest absolute Gasteiger partial charge is 0.225 e. The Kier molecular flexibility index (Phi) is 8.14. The molecule has 0 bridgehead atoms. The number of aliphatic imine (C=N–C) groups is 1. The van der Waals surface area contributed by atoms with Crippen molar-refractivity contribution in [1.82, 2.24) is 5.32 Å². The van der Waals surface area contributed by atoms with Gasteiger partial charge in [-0.1, -0.05) is 44.4 Å². The second-order valence-corrected chi connectivity index (χ2v) is 5.80. The average molecular weight is 270 g/mol. The lowest BCUT2D eigenvalue weighted by Crippen LogP contribution is -2.28. The molecular formula is C14H26N2OS. The number of nitrogens with zero attached hydrogens (tertiary/aromatic N) is 1. The molecule has 1 N–H and O–H groups in total. The Morgan fingerprint density at radius 1 is 1.33 bits per heavy atom. The number of unbranched alkanes of at least 4 members (excludes halogenated alkanes) is 1. The van der Waals surface area contributed by atoms with Gasteiger partial charge in [0, 0.05) is 13.0 Å². The minimum absolute atomic E-state index is 0.105. The summed E-state index contributed by atoms with van der Waals surface area (Å²) < 4.78 is 0. The van der Waals surface area contributed by atoms with Gasteiger partial charge < -0.3 is 5.32 Å². The summed E-state index contributed by atoms with van der Waals surface area (Å²) in [4.78, 5) is 16.2. The maximum Gasteiger partial charge on any atom is 0.225 e. The van der Waals surface area contributed by atoms with E-state index in [0.717, 1.165) is 30.5 Å². The number of rotatable bonds is 5. The van der Waals surface area contributed by atoms with Gasteiger partial charge in [0.05, 0.1) is 0 Å². The topological polar surface area (TPSA) is 41.5 Å². The number of hydrogen-bond donors (Lipinski definition) is 1. The van der Waals surface area contributed by atoms with Crippen LogP contribution in [0.5, 0.6) is 0 Å². The lowest BCUT2D eigenvalue weighted by Gasteiger charge is -2.19. The molecule has 0 aromatic carbocycles. The fourth-order valence-corrected chi connectivity index (χ4v) is 2.68. The summed E-state index contributed by atoms with van der Waals surface area (Å²) in [7, 11) is 0. The highest BCUT2D eigenvalue weighted by atomic mass is 32.2. The molecule has 18 heavy (non-hydrogen) atoms. The molecule has 0 atom stereocenters. The fourth-order valence-electron chi connectivity index (χ4n) is 2.26. The maximum atomic E-state index is 11.6. The van der Waals surface area contributed by atoms with E-state index in [1.54, 1.807) is 0 Å². The van der Waals surface area contributed by atoms with Gasteiger partial charge in [-0.15, -0.1) is 0 Å². The van der Waals surface area contributed by atoms with Crippen LogP contribution in [0.2, 0.25) is 0 Å². The number of carbonyl (C=O) groups is 1. The molecule has 1 aliphatic rings. The van der Waals surface area contributed by atoms with Gasteiger partial charge in [0.2, 0.25) is 5.91 Å². The predicted octanol–water partition coefficient (Wildman–Crippen LogP) is 3.59. The van der Waals surface area contributed by atoms with Gasteiger partial charge >= 0.3 is 0 Å². The molecule has 0 aromatic rings. The van der Waals surface area contributed by atoms with E-state index in [9.17, 15) is 4.79 Å². The van der Waals surface area contributed by atoms with E-state index in [4.69, 9.17) is 0 Å². The third-order valence-corrected chi connectivity index (χ3v) is 4.03. The van der Waals surface area contributed by atoms with Crippen molar-refractivity contribution in [2.45, 2.75) is 58.3 Å². The van der Waals surface area contributed by atoms with Crippen LogP contribution in [-0.4, -0.2) is 23.9 Å². The minimum Gasteiger partial charge on any atom is -0.305 e. The molecule has 1 saturated carbocycles. The lowest BCUT2D eigenvalue weighted by atomic mass is 9.89. The molecule has 0 saturated heterocycles. The van der Waals surface area contributed by atoms with Gasteiger partial charge in [-0.05, 0) is 31.4 Å². The van der Waals surface area contributed by atoms with E-state index in [1.807, 2.05) is 6.26 Å². The summed E-state index contributed by atoms with van der Waals surface area (Å²) in [5.74, 6) is 0.835. The summed E-state index contributed by atoms with van der Waals surface area (Å²) in [6, 6.07) is 0. The van der Waals surface area contributed by atoms with E-state index in [2.05, 4.69) is 17.2 Å². The van der Waals surface area contributed by atoms with Crippen LogP contribution < -0.4 is 5.32 Å². The zero-order valence-corrected chi connectivity index (χ0v) is 12.5. The Balaban J connectivity index is 2.31. The summed E-state index contributed by atoms with van der Waals surface area (Å²) in [5, 5.41) is 3.71. The molecule has 104 valence electrons. The van der Waals surface area contributed by atoms with Crippen LogP contribution in [0.3, 0.4) is 0 Å². The normalized spacial score (nSPS) is 17.8. The van der Waals surface area contributed by atoms with Crippen molar-refractivity contribution in [3.05, 3.63) is 0 Å². The third kappa shape index (κ3) is 6.43. The van der Waals surface area contributed by atoms with Crippen molar-refractivity contribution in [2.24, 2.45) is 10.9 Å². The number of amidine groups is 1. The quantitative estimate of drug-likeness (QED) is 0.612. The third-order valence-electron chi connectivity index (χ3n) is 3.41. The largest absolute Gasteiger partial charge is 0.305 e. The van der Waals surface area contributed by atoms with Crippen molar-refractivity contribution < 1.29 is 4.79 Å². The summed E-state index contributed by atoms with van der Waals surface area (Å²) in [5.41, 5.74) is 0. The Bertz CT molecular complexity index is 273. The van der Waals surface area contributed by atoms with Crippen LogP contribution in [0.15, 0.2) is 4.99 Å². The highest BCUT2D eigenvalue weighted by molar-refractivity contribution is 8.13. The Morgan fingerprint density at radius 2 is 2.06 bits per heavy atom. The van der Waals surface area contributed by atoms with Crippen LogP contribution in [0.25, 0.3) is 0 Å². The average Bonchev–Trinajstić information content (AvgIpc) is 2.42. The van der Waals surface area contributed by atoms with E-state index < -0.39 is 0 Å². The van der Waals surface area contributed by atoms with Crippen LogP contribution in [0, 0.1) is 5.92 Å². The van der Waals surface area contributed by atoms with Gasteiger partial charge in [0.1, 0.15) is 0 Å². The molecule has 0 heterocycles. The lowest BCUT2D eigenvalue weighted by molar-refractivity contribution is -0.119. The Hall–Kier alpha value is -0.510. The number of hydrogen-bond acceptors (Lipinski definition) is 3. The van der Waals surface area contributed by atoms with Gasteiger partial charge in [0.25, 0.3) is 0 Å². The van der Waals surface area contributed by atoms with E-state index in [0.29, 0.717) is 6.42 Å². The van der Waals surface area contributed by atoms with Crippen LogP contribution >= 0.6 is 11.8 Å². The van der Waals surface area contributed by atoms with E-state index in [-0.39, 0.29) is 5.91 Å². The number of carbonyl (C=O) groups excluding carboxylic acids is 1. The first-order valence-electron chi connectivity index (χ1n) is 7.14. The molecule has 0 unspecified atom stereocenters. The molecule has 3 nitrogen and oxygen atoms in total. The molecule has 1 amide bonds. The van der Waals surface area contributed by atoms with Crippen molar-refractivity contribution in [1.29, 1.82) is 0 Å². The second-order valence-electron chi connectivity index (χ2n) is 5.01. The van der Waals surface area contributed by atoms with E-state index >= 15 is 0 Å². The summed E-state index contributed by atoms with van der Waals surface area (Å²) >= 11 is 1.54. The van der Waals surface area contributed by atoms with Crippen molar-refractivity contribution >= 4 is 22.8 Å². The highest BCUT2D eigenvalue weighted by Gasteiger charge is 2.13. The first kappa shape index (κ1) is 15.5. The first-order chi connectivity index (χ1) is 8.76. The molecule has 0 radical (unpaired) electrons. The molecule has 1 rings (SSSR count). The van der Waals surface area contributed by atoms with Gasteiger partial charge in [-0.2, -0.15) is 0 Å². The first-order valence-corrected chi connectivity index (χ1v) is 8.37. The predicted molar refractivity (Wildman–Crippen MR) is 80.1 cm³/mol. The van der Waals surface area contributed by atoms with Crippen molar-refractivity contribution in [3.8, 4) is 0 Å². The Labute approximate surface area is 115 Å². The van der Waals surface area contributed by atoms with Gasteiger partial charge in [-0.25, -0.2) is 0 Å². The van der Waals surface area contributed by atoms with Crippen molar-refractivity contribution in [2.75, 3.05) is 12.8 Å². The molecule has 1 fully saturated rings. The fraction of sp³-hybridized carbons (Fsp3) is 0.857. The van der Waals surface area contributed by atoms with Crippen LogP contribution in [-0.2, 0) is 4.79 Å². The number of nitrogens with one attached hydrogen (secondary N) is 1. The molecule has 4 heteroatoms.